The standard InChI is InChI=1S/C23H29FN4O3/c1-28(2)22(29)10-12-26-23(25-11-9-17-5-3-6-18(24)15-17)27-19-7-8-20-21(16-19)31-14-4-13-30-20/h3,5-8,15-16H,4,9-14H2,1-2H3,(H2,25,26,27). The van der Waals surface area contributed by atoms with Crippen LogP contribution in [0.25, 0.3) is 0 Å². The lowest BCUT2D eigenvalue weighted by atomic mass is 10.1. The summed E-state index contributed by atoms with van der Waals surface area (Å²) in [6.45, 7) is 2.14. The number of nitrogens with zero attached hydrogens (tertiary/aromatic N) is 2. The number of aliphatic imine (C=N–C) groups is 1. The van der Waals surface area contributed by atoms with Crippen LogP contribution in [0.15, 0.2) is 47.5 Å². The average molecular weight is 429 g/mol. The van der Waals surface area contributed by atoms with E-state index in [1.165, 1.54) is 12.1 Å². The van der Waals surface area contributed by atoms with Crippen LogP contribution in [0.4, 0.5) is 10.1 Å². The summed E-state index contributed by atoms with van der Waals surface area (Å²) in [4.78, 5) is 17.9. The van der Waals surface area contributed by atoms with Gasteiger partial charge in [-0.3, -0.25) is 9.79 Å². The maximum Gasteiger partial charge on any atom is 0.223 e. The molecule has 0 saturated heterocycles. The fourth-order valence-corrected chi connectivity index (χ4v) is 3.02. The highest BCUT2D eigenvalue weighted by molar-refractivity contribution is 5.94. The molecule has 0 atom stereocenters. The van der Waals surface area contributed by atoms with Gasteiger partial charge in [0.1, 0.15) is 5.82 Å². The molecule has 0 spiro atoms. The molecule has 31 heavy (non-hydrogen) atoms. The Morgan fingerprint density at radius 2 is 1.94 bits per heavy atom. The van der Waals surface area contributed by atoms with Crippen molar-refractivity contribution in [2.24, 2.45) is 4.99 Å². The third kappa shape index (κ3) is 7.16. The zero-order valence-electron chi connectivity index (χ0n) is 18.0. The highest BCUT2D eigenvalue weighted by atomic mass is 19.1. The minimum Gasteiger partial charge on any atom is -0.490 e. The number of amides is 1. The molecule has 0 radical (unpaired) electrons. The lowest BCUT2D eigenvalue weighted by Gasteiger charge is -2.15. The van der Waals surface area contributed by atoms with Gasteiger partial charge in [0.25, 0.3) is 0 Å². The van der Waals surface area contributed by atoms with Gasteiger partial charge in [-0.1, -0.05) is 12.1 Å². The molecular formula is C23H29FN4O3. The van der Waals surface area contributed by atoms with E-state index in [1.807, 2.05) is 24.3 Å². The summed E-state index contributed by atoms with van der Waals surface area (Å²) in [5, 5.41) is 6.51. The molecule has 7 nitrogen and oxygen atoms in total. The summed E-state index contributed by atoms with van der Waals surface area (Å²) < 4.78 is 24.8. The molecule has 0 fully saturated rings. The zero-order valence-corrected chi connectivity index (χ0v) is 18.0. The maximum atomic E-state index is 13.4. The quantitative estimate of drug-likeness (QED) is 0.524. The van der Waals surface area contributed by atoms with Crippen LogP contribution < -0.4 is 20.1 Å². The van der Waals surface area contributed by atoms with Crippen molar-refractivity contribution in [3.05, 3.63) is 53.8 Å². The van der Waals surface area contributed by atoms with E-state index in [1.54, 1.807) is 25.1 Å². The smallest absolute Gasteiger partial charge is 0.223 e. The zero-order chi connectivity index (χ0) is 22.1. The molecule has 0 unspecified atom stereocenters. The number of rotatable bonds is 7. The van der Waals surface area contributed by atoms with Gasteiger partial charge in [0.15, 0.2) is 17.5 Å². The van der Waals surface area contributed by atoms with E-state index in [0.29, 0.717) is 50.9 Å². The molecule has 1 heterocycles. The first-order valence-corrected chi connectivity index (χ1v) is 10.4. The Hall–Kier alpha value is -3.29. The van der Waals surface area contributed by atoms with Gasteiger partial charge in [0.2, 0.25) is 5.91 Å². The van der Waals surface area contributed by atoms with E-state index < -0.39 is 0 Å². The van der Waals surface area contributed by atoms with Gasteiger partial charge in [-0.15, -0.1) is 0 Å². The highest BCUT2D eigenvalue weighted by Crippen LogP contribution is 2.32. The first kappa shape index (κ1) is 22.4. The van der Waals surface area contributed by atoms with Gasteiger partial charge >= 0.3 is 0 Å². The Bertz CT molecular complexity index is 917. The molecule has 8 heteroatoms. The fourth-order valence-electron chi connectivity index (χ4n) is 3.02. The molecule has 0 saturated carbocycles. The third-order valence-electron chi connectivity index (χ3n) is 4.70. The number of guanidine groups is 1. The van der Waals surface area contributed by atoms with Crippen LogP contribution in [-0.4, -0.2) is 57.2 Å². The van der Waals surface area contributed by atoms with Gasteiger partial charge in [0.05, 0.1) is 19.8 Å². The van der Waals surface area contributed by atoms with Crippen molar-refractivity contribution < 1.29 is 18.7 Å². The third-order valence-corrected chi connectivity index (χ3v) is 4.70. The van der Waals surface area contributed by atoms with E-state index in [0.717, 1.165) is 23.4 Å². The van der Waals surface area contributed by atoms with Crippen molar-refractivity contribution in [2.75, 3.05) is 45.7 Å². The van der Waals surface area contributed by atoms with Gasteiger partial charge in [-0.25, -0.2) is 4.39 Å². The predicted octanol–water partition coefficient (Wildman–Crippen LogP) is 3.07. The average Bonchev–Trinajstić information content (AvgIpc) is 2.98. The minimum absolute atomic E-state index is 0.0124. The molecule has 2 N–H and O–H groups in total. The largest absolute Gasteiger partial charge is 0.490 e. The van der Waals surface area contributed by atoms with Crippen molar-refractivity contribution in [1.82, 2.24) is 10.2 Å². The lowest BCUT2D eigenvalue weighted by molar-refractivity contribution is -0.128. The Labute approximate surface area is 182 Å². The monoisotopic (exact) mass is 428 g/mol. The van der Waals surface area contributed by atoms with Crippen molar-refractivity contribution in [2.45, 2.75) is 19.3 Å². The van der Waals surface area contributed by atoms with Crippen LogP contribution >= 0.6 is 0 Å². The minimum atomic E-state index is -0.251. The van der Waals surface area contributed by atoms with E-state index in [4.69, 9.17) is 9.47 Å². The number of hydrogen-bond donors (Lipinski definition) is 2. The topological polar surface area (TPSA) is 75.2 Å². The molecule has 0 bridgehead atoms. The highest BCUT2D eigenvalue weighted by Gasteiger charge is 2.12. The van der Waals surface area contributed by atoms with Crippen molar-refractivity contribution >= 4 is 17.6 Å². The van der Waals surface area contributed by atoms with Gasteiger partial charge < -0.3 is 25.0 Å². The number of anilines is 1. The van der Waals surface area contributed by atoms with Crippen molar-refractivity contribution in [3.8, 4) is 11.5 Å². The van der Waals surface area contributed by atoms with Gasteiger partial charge in [-0.05, 0) is 36.2 Å². The number of fused-ring (bicyclic) bond motifs is 1. The van der Waals surface area contributed by atoms with Crippen molar-refractivity contribution in [3.63, 3.8) is 0 Å². The molecule has 0 aromatic heterocycles. The number of carbonyl (C=O) groups is 1. The second-order valence-electron chi connectivity index (χ2n) is 7.41. The molecule has 1 amide bonds. The first-order chi connectivity index (χ1) is 15.0. The fraction of sp³-hybridized carbons (Fsp3) is 0.391. The number of nitrogens with one attached hydrogen (secondary N) is 2. The van der Waals surface area contributed by atoms with Gasteiger partial charge in [0, 0.05) is 45.2 Å². The summed E-state index contributed by atoms with van der Waals surface area (Å²) in [5.41, 5.74) is 1.69. The second kappa shape index (κ2) is 11.2. The van der Waals surface area contributed by atoms with E-state index in [2.05, 4.69) is 15.6 Å². The molecule has 166 valence electrons. The van der Waals surface area contributed by atoms with E-state index in [-0.39, 0.29) is 11.7 Å². The van der Waals surface area contributed by atoms with E-state index in [9.17, 15) is 9.18 Å². The Balaban J connectivity index is 1.65. The number of halogens is 1. The van der Waals surface area contributed by atoms with Crippen LogP contribution in [0.3, 0.4) is 0 Å². The second-order valence-corrected chi connectivity index (χ2v) is 7.41. The van der Waals surface area contributed by atoms with Crippen LogP contribution in [0.5, 0.6) is 11.5 Å². The number of ether oxygens (including phenoxy) is 2. The Kier molecular flexibility index (Phi) is 8.09. The summed E-state index contributed by atoms with van der Waals surface area (Å²) in [5.74, 6) is 1.70. The first-order valence-electron chi connectivity index (χ1n) is 10.4. The molecule has 2 aromatic rings. The SMILES string of the molecule is CN(C)C(=O)CCN=C(NCCc1cccc(F)c1)Nc1ccc2c(c1)OCCCO2. The van der Waals surface area contributed by atoms with Crippen molar-refractivity contribution in [1.29, 1.82) is 0 Å². The summed E-state index contributed by atoms with van der Waals surface area (Å²) in [6.07, 6.45) is 1.78. The Morgan fingerprint density at radius 3 is 2.71 bits per heavy atom. The number of hydrogen-bond acceptors (Lipinski definition) is 4. The molecule has 2 aromatic carbocycles. The summed E-state index contributed by atoms with van der Waals surface area (Å²) in [7, 11) is 3.44. The van der Waals surface area contributed by atoms with Crippen LogP contribution in [-0.2, 0) is 11.2 Å². The van der Waals surface area contributed by atoms with Gasteiger partial charge in [-0.2, -0.15) is 0 Å². The molecular weight excluding hydrogens is 399 g/mol. The lowest BCUT2D eigenvalue weighted by Crippen LogP contribution is -2.33. The molecule has 1 aliphatic rings. The van der Waals surface area contributed by atoms with Crippen LogP contribution in [0.1, 0.15) is 18.4 Å². The number of benzene rings is 2. The predicted molar refractivity (Wildman–Crippen MR) is 119 cm³/mol. The summed E-state index contributed by atoms with van der Waals surface area (Å²) in [6, 6.07) is 12.2. The molecule has 3 rings (SSSR count). The van der Waals surface area contributed by atoms with Crippen LogP contribution in [0.2, 0.25) is 0 Å². The number of carbonyl (C=O) groups excluding carboxylic acids is 1. The summed E-state index contributed by atoms with van der Waals surface area (Å²) >= 11 is 0. The Morgan fingerprint density at radius 1 is 1.13 bits per heavy atom. The maximum absolute atomic E-state index is 13.4. The normalized spacial score (nSPS) is 13.3. The molecule has 1 aliphatic heterocycles. The van der Waals surface area contributed by atoms with Crippen LogP contribution in [0, 0.1) is 5.82 Å². The van der Waals surface area contributed by atoms with E-state index >= 15 is 0 Å². The molecule has 0 aliphatic carbocycles.